The zero-order chi connectivity index (χ0) is 19.8. The van der Waals surface area contributed by atoms with Crippen LogP contribution in [0.3, 0.4) is 0 Å². The fourth-order valence-electron chi connectivity index (χ4n) is 3.21. The van der Waals surface area contributed by atoms with Crippen molar-refractivity contribution in [3.05, 3.63) is 71.9 Å². The van der Waals surface area contributed by atoms with Crippen molar-refractivity contribution in [3.63, 3.8) is 0 Å². The van der Waals surface area contributed by atoms with Gasteiger partial charge < -0.3 is 5.73 Å². The number of aryl methyl sites for hydroxylation is 1. The van der Waals surface area contributed by atoms with Crippen LogP contribution >= 0.6 is 0 Å². The van der Waals surface area contributed by atoms with Gasteiger partial charge >= 0.3 is 0 Å². The molecule has 0 aliphatic carbocycles. The lowest BCUT2D eigenvalue weighted by Crippen LogP contribution is -1.98. The molecular formula is C21H15F3N4. The number of benzene rings is 2. The lowest BCUT2D eigenvalue weighted by molar-refractivity contribution is 0.146. The number of hydrogen-bond donors (Lipinski definition) is 1. The number of alkyl halides is 2. The fraction of sp³-hybridized carbons (Fsp3) is 0.0952. The molecule has 0 radical (unpaired) electrons. The zero-order valence-corrected chi connectivity index (χ0v) is 14.8. The van der Waals surface area contributed by atoms with Crippen molar-refractivity contribution in [3.8, 4) is 22.4 Å². The molecule has 2 aromatic heterocycles. The van der Waals surface area contributed by atoms with Gasteiger partial charge in [0.15, 0.2) is 0 Å². The van der Waals surface area contributed by atoms with Crippen LogP contribution in [0.1, 0.15) is 17.6 Å². The molecule has 0 fully saturated rings. The van der Waals surface area contributed by atoms with Crippen molar-refractivity contribution in [1.82, 2.24) is 15.0 Å². The highest BCUT2D eigenvalue weighted by atomic mass is 19.3. The minimum atomic E-state index is -2.91. The molecule has 4 aromatic rings. The van der Waals surface area contributed by atoms with Gasteiger partial charge in [0.2, 0.25) is 0 Å². The minimum absolute atomic E-state index is 0.343. The van der Waals surface area contributed by atoms with E-state index in [0.717, 1.165) is 11.6 Å². The van der Waals surface area contributed by atoms with Crippen LogP contribution in [-0.4, -0.2) is 15.0 Å². The summed E-state index contributed by atoms with van der Waals surface area (Å²) in [4.78, 5) is 12.6. The molecule has 0 atom stereocenters. The van der Waals surface area contributed by atoms with Gasteiger partial charge in [-0.2, -0.15) is 0 Å². The molecule has 2 heterocycles. The first-order chi connectivity index (χ1) is 13.5. The van der Waals surface area contributed by atoms with Crippen molar-refractivity contribution in [2.75, 3.05) is 5.73 Å². The van der Waals surface area contributed by atoms with Crippen LogP contribution in [0.4, 0.5) is 19.0 Å². The molecule has 4 rings (SSSR count). The van der Waals surface area contributed by atoms with E-state index in [9.17, 15) is 13.2 Å². The first-order valence-electron chi connectivity index (χ1n) is 8.50. The number of anilines is 1. The number of halogens is 3. The number of aromatic nitrogens is 3. The van der Waals surface area contributed by atoms with Crippen molar-refractivity contribution in [2.24, 2.45) is 0 Å². The molecule has 0 bridgehead atoms. The molecule has 2 aromatic carbocycles. The van der Waals surface area contributed by atoms with Gasteiger partial charge in [0.1, 0.15) is 18.0 Å². The van der Waals surface area contributed by atoms with Crippen molar-refractivity contribution < 1.29 is 13.2 Å². The van der Waals surface area contributed by atoms with Crippen LogP contribution in [0, 0.1) is 12.7 Å². The Bertz CT molecular complexity index is 1190. The summed E-state index contributed by atoms with van der Waals surface area (Å²) in [5.74, 6) is -0.584. The number of fused-ring (bicyclic) bond motifs is 1. The van der Waals surface area contributed by atoms with Crippen LogP contribution < -0.4 is 5.73 Å². The van der Waals surface area contributed by atoms with Crippen LogP contribution in [0.25, 0.3) is 33.3 Å². The van der Waals surface area contributed by atoms with Crippen molar-refractivity contribution in [1.29, 1.82) is 0 Å². The summed E-state index contributed by atoms with van der Waals surface area (Å²) in [6, 6.07) is 11.3. The molecule has 0 unspecified atom stereocenters. The second-order valence-electron chi connectivity index (χ2n) is 6.38. The summed E-state index contributed by atoms with van der Waals surface area (Å²) in [7, 11) is 0. The predicted octanol–water partition coefficient (Wildman–Crippen LogP) is 5.33. The van der Waals surface area contributed by atoms with E-state index in [1.165, 1.54) is 12.4 Å². The van der Waals surface area contributed by atoms with E-state index in [2.05, 4.69) is 15.0 Å². The number of nitrogens with zero attached hydrogens (tertiary/aromatic N) is 3. The summed E-state index contributed by atoms with van der Waals surface area (Å²) in [5.41, 5.74) is 8.94. The van der Waals surface area contributed by atoms with Crippen LogP contribution in [0.2, 0.25) is 0 Å². The van der Waals surface area contributed by atoms with Crippen LogP contribution in [-0.2, 0) is 0 Å². The maximum absolute atomic E-state index is 13.9. The van der Waals surface area contributed by atoms with Gasteiger partial charge in [-0.25, -0.2) is 23.1 Å². The lowest BCUT2D eigenvalue weighted by atomic mass is 9.94. The Balaban J connectivity index is 1.94. The molecule has 2 N–H and O–H groups in total. The molecule has 0 spiro atoms. The number of nitrogens with two attached hydrogens (primary N) is 1. The topological polar surface area (TPSA) is 64.7 Å². The maximum atomic E-state index is 13.9. The van der Waals surface area contributed by atoms with Crippen LogP contribution in [0.5, 0.6) is 0 Å². The number of rotatable bonds is 3. The third-order valence-electron chi connectivity index (χ3n) is 4.62. The Hall–Kier alpha value is -3.48. The van der Waals surface area contributed by atoms with E-state index in [-0.39, 0.29) is 0 Å². The van der Waals surface area contributed by atoms with E-state index in [0.29, 0.717) is 39.1 Å². The summed E-state index contributed by atoms with van der Waals surface area (Å²) in [6.07, 6.45) is 0.0483. The van der Waals surface area contributed by atoms with Gasteiger partial charge in [-0.3, -0.25) is 4.98 Å². The van der Waals surface area contributed by atoms with Crippen LogP contribution in [0.15, 0.2) is 55.0 Å². The first kappa shape index (κ1) is 17.9. The Kier molecular flexibility index (Phi) is 4.43. The molecule has 7 heteroatoms. The quantitative estimate of drug-likeness (QED) is 0.522. The largest absolute Gasteiger partial charge is 0.383 e. The van der Waals surface area contributed by atoms with E-state index in [1.54, 1.807) is 19.2 Å². The van der Waals surface area contributed by atoms with Gasteiger partial charge in [0, 0.05) is 22.7 Å². The highest BCUT2D eigenvalue weighted by molar-refractivity contribution is 5.93. The van der Waals surface area contributed by atoms with Crippen molar-refractivity contribution >= 4 is 16.7 Å². The molecule has 0 aliphatic rings. The molecule has 140 valence electrons. The smallest absolute Gasteiger partial charge is 0.266 e. The standard InChI is InChI=1S/C21H15F3N4/c1-11-7-17(22)15(20(23)24)9-14(11)19-13(3-2-6-26-19)12-4-5-18-16(8-12)21(25)28-10-27-18/h2-10,20H,1H3,(H2,25,27,28). The number of hydrogen-bond acceptors (Lipinski definition) is 4. The van der Waals surface area contributed by atoms with E-state index < -0.39 is 17.8 Å². The Morgan fingerprint density at radius 2 is 1.79 bits per heavy atom. The van der Waals surface area contributed by atoms with Gasteiger partial charge in [-0.1, -0.05) is 12.1 Å². The molecule has 4 nitrogen and oxygen atoms in total. The molecular weight excluding hydrogens is 365 g/mol. The Morgan fingerprint density at radius 3 is 2.57 bits per heavy atom. The average molecular weight is 380 g/mol. The number of nitrogen functional groups attached to an aromatic ring is 1. The zero-order valence-electron chi connectivity index (χ0n) is 14.8. The lowest BCUT2D eigenvalue weighted by Gasteiger charge is -2.14. The van der Waals surface area contributed by atoms with E-state index >= 15 is 0 Å². The number of pyridine rings is 1. The molecule has 28 heavy (non-hydrogen) atoms. The monoisotopic (exact) mass is 380 g/mol. The third kappa shape index (κ3) is 3.05. The summed E-state index contributed by atoms with van der Waals surface area (Å²) >= 11 is 0. The van der Waals surface area contributed by atoms with E-state index in [4.69, 9.17) is 5.73 Å². The van der Waals surface area contributed by atoms with Gasteiger partial charge in [0.25, 0.3) is 6.43 Å². The highest BCUT2D eigenvalue weighted by Crippen LogP contribution is 2.36. The maximum Gasteiger partial charge on any atom is 0.266 e. The first-order valence-corrected chi connectivity index (χ1v) is 8.50. The van der Waals surface area contributed by atoms with Gasteiger partial charge in [-0.15, -0.1) is 0 Å². The predicted molar refractivity (Wildman–Crippen MR) is 102 cm³/mol. The summed E-state index contributed by atoms with van der Waals surface area (Å²) in [5, 5.41) is 0.680. The average Bonchev–Trinajstić information content (AvgIpc) is 2.68. The third-order valence-corrected chi connectivity index (χ3v) is 4.62. The Morgan fingerprint density at radius 1 is 0.964 bits per heavy atom. The SMILES string of the molecule is Cc1cc(F)c(C(F)F)cc1-c1ncccc1-c1ccc2ncnc(N)c2c1. The fourth-order valence-corrected chi connectivity index (χ4v) is 3.21. The normalized spacial score (nSPS) is 11.3. The molecule has 0 aliphatic heterocycles. The second kappa shape index (κ2) is 6.92. The van der Waals surface area contributed by atoms with Gasteiger partial charge in [-0.05, 0) is 48.4 Å². The Labute approximate surface area is 158 Å². The van der Waals surface area contributed by atoms with Gasteiger partial charge in [0.05, 0.1) is 16.8 Å². The minimum Gasteiger partial charge on any atom is -0.383 e. The van der Waals surface area contributed by atoms with E-state index in [1.807, 2.05) is 24.3 Å². The second-order valence-corrected chi connectivity index (χ2v) is 6.38. The molecule has 0 saturated heterocycles. The molecule has 0 saturated carbocycles. The highest BCUT2D eigenvalue weighted by Gasteiger charge is 2.19. The van der Waals surface area contributed by atoms with Crippen molar-refractivity contribution in [2.45, 2.75) is 13.3 Å². The summed E-state index contributed by atoms with van der Waals surface area (Å²) in [6.45, 7) is 1.67. The summed E-state index contributed by atoms with van der Waals surface area (Å²) < 4.78 is 40.3. The molecule has 0 amide bonds.